The van der Waals surface area contributed by atoms with Gasteiger partial charge in [-0.25, -0.2) is 9.18 Å². The summed E-state index contributed by atoms with van der Waals surface area (Å²) in [7, 11) is 1.47. The monoisotopic (exact) mass is 746 g/mol. The first-order chi connectivity index (χ1) is 24.8. The number of carbonyl (C=O) groups is 3. The number of anilines is 1. The number of nitrogens with one attached hydrogen (secondary N) is 2. The number of halogens is 4. The van der Waals surface area contributed by atoms with Crippen LogP contribution in [-0.4, -0.2) is 96.0 Å². The number of methoxy groups -OCH3 is 1. The highest BCUT2D eigenvalue weighted by Crippen LogP contribution is 2.32. The number of ether oxygens (including phenoxy) is 3. The number of alkyl halides is 3. The Labute approximate surface area is 306 Å². The molecule has 1 saturated heterocycles. The van der Waals surface area contributed by atoms with Crippen LogP contribution in [0.1, 0.15) is 82.5 Å². The van der Waals surface area contributed by atoms with E-state index in [0.29, 0.717) is 36.3 Å². The van der Waals surface area contributed by atoms with Crippen molar-refractivity contribution in [3.8, 4) is 5.75 Å². The Morgan fingerprint density at radius 3 is 2.26 bits per heavy atom. The van der Waals surface area contributed by atoms with Gasteiger partial charge in [0.2, 0.25) is 0 Å². The zero-order valence-corrected chi connectivity index (χ0v) is 31.1. The van der Waals surface area contributed by atoms with Gasteiger partial charge in [0, 0.05) is 51.4 Å². The third-order valence-electron chi connectivity index (χ3n) is 8.51. The molecule has 288 valence electrons. The number of rotatable bonds is 11. The van der Waals surface area contributed by atoms with Crippen molar-refractivity contribution in [3.05, 3.63) is 81.3 Å². The van der Waals surface area contributed by atoms with Gasteiger partial charge in [0.25, 0.3) is 11.8 Å². The molecule has 2 N–H and O–H groups in total. The van der Waals surface area contributed by atoms with Gasteiger partial charge < -0.3 is 29.7 Å². The normalized spacial score (nSPS) is 15.8. The van der Waals surface area contributed by atoms with E-state index in [1.807, 2.05) is 6.92 Å². The number of aryl methyl sites for hydroxylation is 3. The van der Waals surface area contributed by atoms with Gasteiger partial charge in [-0.05, 0) is 95.0 Å². The standard InChI is InChI=1S/C37H46F4N6O6/c1-21-9-10-25(17-28(21)38)30(20-46-12-13-47(24(4)19-46)35(50)53-36(5,6)7)52-29-15-22(2)26(18-27(29)33(48)42-11-14-51-8)34(49)43-32-23(3)16-31(44-45-32)37(39,40)41/h9-10,15-18,24,30H,11-14,19-20H2,1-8H3,(H,42,48)(H,43,45,49)/t24-,30-/m1/s1. The zero-order chi connectivity index (χ0) is 39.2. The lowest BCUT2D eigenvalue weighted by Gasteiger charge is -2.41. The van der Waals surface area contributed by atoms with Crippen molar-refractivity contribution >= 4 is 23.7 Å². The fourth-order valence-corrected chi connectivity index (χ4v) is 5.68. The summed E-state index contributed by atoms with van der Waals surface area (Å²) in [6.45, 7) is 13.8. The molecule has 0 spiro atoms. The highest BCUT2D eigenvalue weighted by molar-refractivity contribution is 6.07. The number of hydrogen-bond donors (Lipinski definition) is 2. The van der Waals surface area contributed by atoms with Crippen LogP contribution in [0.4, 0.5) is 28.2 Å². The molecule has 2 heterocycles. The Morgan fingerprint density at radius 1 is 0.943 bits per heavy atom. The lowest BCUT2D eigenvalue weighted by atomic mass is 10.0. The van der Waals surface area contributed by atoms with E-state index in [0.717, 1.165) is 6.07 Å². The van der Waals surface area contributed by atoms with Crippen molar-refractivity contribution < 1.29 is 46.2 Å². The largest absolute Gasteiger partial charge is 0.484 e. The maximum atomic E-state index is 15.0. The summed E-state index contributed by atoms with van der Waals surface area (Å²) in [6.07, 6.45) is -5.94. The summed E-state index contributed by atoms with van der Waals surface area (Å²) in [5.74, 6) is -1.86. The number of nitrogens with zero attached hydrogens (tertiary/aromatic N) is 4. The predicted molar refractivity (Wildman–Crippen MR) is 188 cm³/mol. The molecule has 0 bridgehead atoms. The molecule has 1 fully saturated rings. The Kier molecular flexibility index (Phi) is 13.0. The van der Waals surface area contributed by atoms with Crippen molar-refractivity contribution in [1.29, 1.82) is 0 Å². The van der Waals surface area contributed by atoms with Crippen LogP contribution in [0.2, 0.25) is 0 Å². The molecule has 0 radical (unpaired) electrons. The third kappa shape index (κ3) is 10.9. The fourth-order valence-electron chi connectivity index (χ4n) is 5.68. The summed E-state index contributed by atoms with van der Waals surface area (Å²) in [4.78, 5) is 43.7. The molecule has 2 atom stereocenters. The molecule has 0 aliphatic carbocycles. The Balaban J connectivity index is 1.67. The van der Waals surface area contributed by atoms with Gasteiger partial charge in [0.15, 0.2) is 11.5 Å². The van der Waals surface area contributed by atoms with Crippen molar-refractivity contribution in [1.82, 2.24) is 25.3 Å². The first-order valence-corrected chi connectivity index (χ1v) is 17.1. The molecule has 3 amide bonds. The van der Waals surface area contributed by atoms with Crippen LogP contribution < -0.4 is 15.4 Å². The van der Waals surface area contributed by atoms with E-state index in [4.69, 9.17) is 14.2 Å². The Bertz CT molecular complexity index is 1820. The van der Waals surface area contributed by atoms with Crippen LogP contribution in [0.25, 0.3) is 0 Å². The van der Waals surface area contributed by atoms with Gasteiger partial charge in [-0.3, -0.25) is 14.5 Å². The van der Waals surface area contributed by atoms with Crippen LogP contribution >= 0.6 is 0 Å². The second-order valence-electron chi connectivity index (χ2n) is 14.0. The minimum Gasteiger partial charge on any atom is -0.484 e. The highest BCUT2D eigenvalue weighted by Gasteiger charge is 2.35. The van der Waals surface area contributed by atoms with Gasteiger partial charge in [0.05, 0.1) is 12.2 Å². The van der Waals surface area contributed by atoms with E-state index >= 15 is 0 Å². The van der Waals surface area contributed by atoms with E-state index in [1.165, 1.54) is 32.2 Å². The second kappa shape index (κ2) is 16.9. The molecule has 1 aliphatic heterocycles. The fraction of sp³-hybridized carbons (Fsp3) is 0.486. The van der Waals surface area contributed by atoms with Gasteiger partial charge in [-0.2, -0.15) is 13.2 Å². The van der Waals surface area contributed by atoms with E-state index in [2.05, 4.69) is 25.7 Å². The number of aromatic nitrogens is 2. The van der Waals surface area contributed by atoms with E-state index in [1.54, 1.807) is 51.7 Å². The molecule has 0 saturated carbocycles. The van der Waals surface area contributed by atoms with Gasteiger partial charge >= 0.3 is 12.3 Å². The molecule has 0 unspecified atom stereocenters. The van der Waals surface area contributed by atoms with E-state index < -0.39 is 47.3 Å². The predicted octanol–water partition coefficient (Wildman–Crippen LogP) is 6.25. The summed E-state index contributed by atoms with van der Waals surface area (Å²) >= 11 is 0. The zero-order valence-electron chi connectivity index (χ0n) is 31.1. The number of carbonyl (C=O) groups excluding carboxylic acids is 3. The third-order valence-corrected chi connectivity index (χ3v) is 8.51. The molecule has 2 aromatic carbocycles. The van der Waals surface area contributed by atoms with Crippen molar-refractivity contribution in [2.24, 2.45) is 0 Å². The molecule has 4 rings (SSSR count). The van der Waals surface area contributed by atoms with Crippen LogP contribution in [0.5, 0.6) is 5.75 Å². The first-order valence-electron chi connectivity index (χ1n) is 17.1. The average molecular weight is 747 g/mol. The Hall–Kier alpha value is -4.83. The van der Waals surface area contributed by atoms with Gasteiger partial charge in [-0.15, -0.1) is 10.2 Å². The topological polar surface area (TPSA) is 135 Å². The van der Waals surface area contributed by atoms with Crippen LogP contribution in [0.15, 0.2) is 36.4 Å². The lowest BCUT2D eigenvalue weighted by molar-refractivity contribution is -0.141. The highest BCUT2D eigenvalue weighted by atomic mass is 19.4. The lowest BCUT2D eigenvalue weighted by Crippen LogP contribution is -2.55. The minimum absolute atomic E-state index is 0.0206. The molecule has 1 aromatic heterocycles. The molecule has 16 heteroatoms. The molecular weight excluding hydrogens is 700 g/mol. The van der Waals surface area contributed by atoms with E-state index in [-0.39, 0.29) is 54.0 Å². The quantitative estimate of drug-likeness (QED) is 0.173. The molecule has 12 nitrogen and oxygen atoms in total. The number of benzene rings is 2. The minimum atomic E-state index is -4.72. The Morgan fingerprint density at radius 2 is 1.66 bits per heavy atom. The summed E-state index contributed by atoms with van der Waals surface area (Å²) < 4.78 is 71.6. The first kappa shape index (κ1) is 40.9. The second-order valence-corrected chi connectivity index (χ2v) is 14.0. The van der Waals surface area contributed by atoms with Crippen molar-refractivity contribution in [2.45, 2.75) is 72.4 Å². The maximum absolute atomic E-state index is 15.0. The molecular formula is C37H46F4N6O6. The SMILES string of the molecule is COCCNC(=O)c1cc(C(=O)Nc2nnc(C(F)(F)F)cc2C)c(C)cc1O[C@H](CN1CCN(C(=O)OC(C)(C)C)[C@H](C)C1)c1ccc(C)c(F)c1. The van der Waals surface area contributed by atoms with Crippen LogP contribution in [0, 0.1) is 26.6 Å². The summed E-state index contributed by atoms with van der Waals surface area (Å²) in [6, 6.07) is 8.13. The molecule has 1 aliphatic rings. The van der Waals surface area contributed by atoms with Crippen LogP contribution in [-0.2, 0) is 15.7 Å². The van der Waals surface area contributed by atoms with Crippen LogP contribution in [0.3, 0.4) is 0 Å². The average Bonchev–Trinajstić information content (AvgIpc) is 3.05. The van der Waals surface area contributed by atoms with Crippen molar-refractivity contribution in [3.63, 3.8) is 0 Å². The number of hydrogen-bond acceptors (Lipinski definition) is 9. The summed E-state index contributed by atoms with van der Waals surface area (Å²) in [5.41, 5.74) is -0.515. The van der Waals surface area contributed by atoms with Gasteiger partial charge in [-0.1, -0.05) is 12.1 Å². The smallest absolute Gasteiger partial charge is 0.435 e. The number of amides is 3. The van der Waals surface area contributed by atoms with Gasteiger partial charge in [0.1, 0.15) is 23.3 Å². The summed E-state index contributed by atoms with van der Waals surface area (Å²) in [5, 5.41) is 12.0. The van der Waals surface area contributed by atoms with Crippen molar-refractivity contribution in [2.75, 3.05) is 51.8 Å². The molecule has 53 heavy (non-hydrogen) atoms. The molecule has 3 aromatic rings. The van der Waals surface area contributed by atoms with E-state index in [9.17, 15) is 31.9 Å². The maximum Gasteiger partial charge on any atom is 0.435 e. The number of piperazine rings is 1.